The molecule has 0 aliphatic rings. The van der Waals surface area contributed by atoms with E-state index in [9.17, 15) is 4.79 Å². The minimum absolute atomic E-state index is 0.143. The molecular formula is C19H22N4OS. The van der Waals surface area contributed by atoms with E-state index in [-0.39, 0.29) is 12.1 Å². The summed E-state index contributed by atoms with van der Waals surface area (Å²) in [5.74, 6) is 1.74. The van der Waals surface area contributed by atoms with Gasteiger partial charge in [0.1, 0.15) is 5.82 Å². The molecule has 1 heterocycles. The van der Waals surface area contributed by atoms with Crippen molar-refractivity contribution >= 4 is 28.8 Å². The summed E-state index contributed by atoms with van der Waals surface area (Å²) in [4.78, 5) is 20.3. The van der Waals surface area contributed by atoms with Crippen molar-refractivity contribution in [3.63, 3.8) is 0 Å². The van der Waals surface area contributed by atoms with Crippen LogP contribution in [-0.4, -0.2) is 28.0 Å². The topological polar surface area (TPSA) is 69.8 Å². The van der Waals surface area contributed by atoms with Crippen LogP contribution < -0.4 is 10.6 Å². The number of nitrogens with zero attached hydrogens (tertiary/aromatic N) is 1. The Morgan fingerprint density at radius 3 is 2.68 bits per heavy atom. The number of thioether (sulfide) groups is 1. The van der Waals surface area contributed by atoms with Gasteiger partial charge in [0, 0.05) is 6.54 Å². The molecule has 0 radical (unpaired) electrons. The van der Waals surface area contributed by atoms with Crippen molar-refractivity contribution in [2.45, 2.75) is 19.0 Å². The van der Waals surface area contributed by atoms with Gasteiger partial charge in [-0.2, -0.15) is 11.8 Å². The molecule has 2 amide bonds. The van der Waals surface area contributed by atoms with Gasteiger partial charge in [-0.05, 0) is 36.1 Å². The largest absolute Gasteiger partial charge is 0.340 e. The maximum absolute atomic E-state index is 12.3. The number of benzene rings is 2. The van der Waals surface area contributed by atoms with Crippen LogP contribution in [0.15, 0.2) is 54.6 Å². The smallest absolute Gasteiger partial charge is 0.315 e. The van der Waals surface area contributed by atoms with E-state index in [4.69, 9.17) is 0 Å². The second kappa shape index (κ2) is 8.58. The quantitative estimate of drug-likeness (QED) is 0.603. The number of carbonyl (C=O) groups is 1. The van der Waals surface area contributed by atoms with Crippen LogP contribution in [-0.2, 0) is 6.54 Å². The number of imidazole rings is 1. The summed E-state index contributed by atoms with van der Waals surface area (Å²) in [6.45, 7) is 0.502. The van der Waals surface area contributed by atoms with Crippen molar-refractivity contribution in [2.24, 2.45) is 0 Å². The minimum atomic E-state index is -0.185. The van der Waals surface area contributed by atoms with E-state index in [1.807, 2.05) is 54.6 Å². The van der Waals surface area contributed by atoms with Crippen LogP contribution in [0.5, 0.6) is 0 Å². The molecule has 2 aromatic carbocycles. The number of urea groups is 1. The number of fused-ring (bicyclic) bond motifs is 1. The van der Waals surface area contributed by atoms with Crippen LogP contribution in [0.2, 0.25) is 0 Å². The Kier molecular flexibility index (Phi) is 5.95. The average Bonchev–Trinajstić information content (AvgIpc) is 3.08. The summed E-state index contributed by atoms with van der Waals surface area (Å²) in [6.07, 6.45) is 2.88. The molecular weight excluding hydrogens is 332 g/mol. The Bertz CT molecular complexity index is 785. The van der Waals surface area contributed by atoms with E-state index >= 15 is 0 Å². The zero-order valence-electron chi connectivity index (χ0n) is 14.2. The molecule has 5 nitrogen and oxygen atoms in total. The average molecular weight is 354 g/mol. The SMILES string of the molecule is CSCC[C@@H](NC(=O)NCc1ccccc1)c1nc2ccccc2[nH]1. The summed E-state index contributed by atoms with van der Waals surface area (Å²) in [5.41, 5.74) is 2.97. The summed E-state index contributed by atoms with van der Waals surface area (Å²) < 4.78 is 0. The third-order valence-corrected chi connectivity index (χ3v) is 4.59. The number of rotatable bonds is 7. The molecule has 0 bridgehead atoms. The first kappa shape index (κ1) is 17.4. The predicted octanol–water partition coefficient (Wildman–Crippen LogP) is 3.86. The number of nitrogens with one attached hydrogen (secondary N) is 3. The van der Waals surface area contributed by atoms with Gasteiger partial charge in [0.25, 0.3) is 0 Å². The van der Waals surface area contributed by atoms with E-state index in [1.54, 1.807) is 11.8 Å². The first-order valence-electron chi connectivity index (χ1n) is 8.28. The Hall–Kier alpha value is -2.47. The number of aromatic amines is 1. The molecule has 6 heteroatoms. The van der Waals surface area contributed by atoms with Crippen LogP contribution in [0.4, 0.5) is 4.79 Å². The second-order valence-electron chi connectivity index (χ2n) is 5.79. The molecule has 0 saturated heterocycles. The number of hydrogen-bond donors (Lipinski definition) is 3. The Morgan fingerprint density at radius 2 is 1.92 bits per heavy atom. The van der Waals surface area contributed by atoms with Crippen LogP contribution in [0, 0.1) is 0 Å². The van der Waals surface area contributed by atoms with Gasteiger partial charge in [0.15, 0.2) is 0 Å². The third kappa shape index (κ3) is 4.76. The zero-order valence-corrected chi connectivity index (χ0v) is 15.0. The van der Waals surface area contributed by atoms with Crippen LogP contribution in [0.25, 0.3) is 11.0 Å². The van der Waals surface area contributed by atoms with E-state index in [2.05, 4.69) is 26.9 Å². The monoisotopic (exact) mass is 354 g/mol. The minimum Gasteiger partial charge on any atom is -0.340 e. The van der Waals surface area contributed by atoms with Crippen LogP contribution in [0.3, 0.4) is 0 Å². The van der Waals surface area contributed by atoms with Gasteiger partial charge >= 0.3 is 6.03 Å². The summed E-state index contributed by atoms with van der Waals surface area (Å²) in [6, 6.07) is 17.4. The van der Waals surface area contributed by atoms with Crippen molar-refractivity contribution < 1.29 is 4.79 Å². The van der Waals surface area contributed by atoms with E-state index in [0.29, 0.717) is 6.54 Å². The Labute approximate surface area is 151 Å². The summed E-state index contributed by atoms with van der Waals surface area (Å²) in [7, 11) is 0. The number of aromatic nitrogens is 2. The second-order valence-corrected chi connectivity index (χ2v) is 6.77. The van der Waals surface area contributed by atoms with Gasteiger partial charge < -0.3 is 15.6 Å². The molecule has 3 aromatic rings. The van der Waals surface area contributed by atoms with Crippen molar-refractivity contribution in [1.29, 1.82) is 0 Å². The van der Waals surface area contributed by atoms with Gasteiger partial charge in [-0.1, -0.05) is 42.5 Å². The fraction of sp³-hybridized carbons (Fsp3) is 0.263. The molecule has 0 spiro atoms. The fourth-order valence-electron chi connectivity index (χ4n) is 2.64. The van der Waals surface area contributed by atoms with Crippen LogP contribution in [0.1, 0.15) is 23.9 Å². The van der Waals surface area contributed by atoms with Crippen molar-refractivity contribution in [3.05, 3.63) is 66.0 Å². The van der Waals surface area contributed by atoms with Gasteiger partial charge in [-0.25, -0.2) is 9.78 Å². The lowest BCUT2D eigenvalue weighted by atomic mass is 10.2. The molecule has 0 unspecified atom stereocenters. The molecule has 130 valence electrons. The lowest BCUT2D eigenvalue weighted by Crippen LogP contribution is -2.38. The van der Waals surface area contributed by atoms with Crippen LogP contribution >= 0.6 is 11.8 Å². The van der Waals surface area contributed by atoms with Crippen molar-refractivity contribution in [1.82, 2.24) is 20.6 Å². The first-order valence-corrected chi connectivity index (χ1v) is 9.67. The third-order valence-electron chi connectivity index (χ3n) is 3.95. The highest BCUT2D eigenvalue weighted by molar-refractivity contribution is 7.98. The molecule has 3 rings (SSSR count). The molecule has 25 heavy (non-hydrogen) atoms. The van der Waals surface area contributed by atoms with E-state index in [1.165, 1.54) is 0 Å². The number of H-pyrrole nitrogens is 1. The van der Waals surface area contributed by atoms with E-state index < -0.39 is 0 Å². The molecule has 1 atom stereocenters. The van der Waals surface area contributed by atoms with Gasteiger partial charge in [0.2, 0.25) is 0 Å². The van der Waals surface area contributed by atoms with Gasteiger partial charge in [-0.15, -0.1) is 0 Å². The lowest BCUT2D eigenvalue weighted by molar-refractivity contribution is 0.236. The molecule has 0 saturated carbocycles. The Balaban J connectivity index is 1.66. The van der Waals surface area contributed by atoms with Crippen molar-refractivity contribution in [2.75, 3.05) is 12.0 Å². The standard InChI is InChI=1S/C19H22N4OS/c1-25-12-11-17(18-21-15-9-5-6-10-16(15)22-18)23-19(24)20-13-14-7-3-2-4-8-14/h2-10,17H,11-13H2,1H3,(H,21,22)(H2,20,23,24)/t17-/m1/s1. The molecule has 0 aliphatic carbocycles. The molecule has 1 aromatic heterocycles. The Morgan fingerprint density at radius 1 is 1.16 bits per heavy atom. The van der Waals surface area contributed by atoms with E-state index in [0.717, 1.165) is 34.6 Å². The predicted molar refractivity (Wildman–Crippen MR) is 104 cm³/mol. The first-order chi connectivity index (χ1) is 12.3. The lowest BCUT2D eigenvalue weighted by Gasteiger charge is -2.17. The molecule has 3 N–H and O–H groups in total. The zero-order chi connectivity index (χ0) is 17.5. The molecule has 0 aliphatic heterocycles. The van der Waals surface area contributed by atoms with Gasteiger partial charge in [-0.3, -0.25) is 0 Å². The molecule has 0 fully saturated rings. The summed E-state index contributed by atoms with van der Waals surface area (Å²) >= 11 is 1.76. The number of para-hydroxylation sites is 2. The normalized spacial score (nSPS) is 12.0. The van der Waals surface area contributed by atoms with Gasteiger partial charge in [0.05, 0.1) is 17.1 Å². The highest BCUT2D eigenvalue weighted by Crippen LogP contribution is 2.19. The highest BCUT2D eigenvalue weighted by atomic mass is 32.2. The van der Waals surface area contributed by atoms with Crippen molar-refractivity contribution in [3.8, 4) is 0 Å². The number of carbonyl (C=O) groups excluding carboxylic acids is 1. The number of hydrogen-bond acceptors (Lipinski definition) is 3. The number of amides is 2. The fourth-order valence-corrected chi connectivity index (χ4v) is 3.11. The maximum Gasteiger partial charge on any atom is 0.315 e. The summed E-state index contributed by atoms with van der Waals surface area (Å²) in [5, 5.41) is 5.95. The maximum atomic E-state index is 12.3. The highest BCUT2D eigenvalue weighted by Gasteiger charge is 2.18.